The molecule has 0 spiro atoms. The zero-order chi connectivity index (χ0) is 18.8. The maximum atomic E-state index is 12.1. The highest BCUT2D eigenvalue weighted by atomic mass is 35.5. The average Bonchev–Trinajstić information content (AvgIpc) is 2.97. The van der Waals surface area contributed by atoms with Crippen molar-refractivity contribution >= 4 is 46.0 Å². The molecule has 1 unspecified atom stereocenters. The molecular formula is C17H22ClN5O3. The maximum Gasteiger partial charge on any atom is 0.404 e. The lowest BCUT2D eigenvalue weighted by Gasteiger charge is -2.35. The van der Waals surface area contributed by atoms with Crippen LogP contribution in [0.15, 0.2) is 12.4 Å². The van der Waals surface area contributed by atoms with E-state index in [4.69, 9.17) is 16.7 Å². The molecule has 0 bridgehead atoms. The number of anilines is 2. The van der Waals surface area contributed by atoms with Gasteiger partial charge in [-0.3, -0.25) is 4.79 Å². The van der Waals surface area contributed by atoms with Gasteiger partial charge in [0, 0.05) is 31.2 Å². The monoisotopic (exact) mass is 379 g/mol. The quantitative estimate of drug-likeness (QED) is 0.652. The van der Waals surface area contributed by atoms with Crippen molar-refractivity contribution in [3.05, 3.63) is 17.4 Å². The molecule has 1 aliphatic heterocycles. The first-order chi connectivity index (χ1) is 12.4. The topological polar surface area (TPSA) is 110 Å². The minimum absolute atomic E-state index is 0.0964. The van der Waals surface area contributed by atoms with E-state index in [1.165, 1.54) is 0 Å². The summed E-state index contributed by atoms with van der Waals surface area (Å²) in [6.45, 7) is 4.90. The van der Waals surface area contributed by atoms with Gasteiger partial charge in [-0.05, 0) is 12.8 Å². The van der Waals surface area contributed by atoms with Gasteiger partial charge in [0.25, 0.3) is 0 Å². The van der Waals surface area contributed by atoms with Crippen LogP contribution in [0.2, 0.25) is 5.02 Å². The van der Waals surface area contributed by atoms with E-state index in [9.17, 15) is 9.59 Å². The summed E-state index contributed by atoms with van der Waals surface area (Å²) >= 11 is 6.45. The van der Waals surface area contributed by atoms with Gasteiger partial charge < -0.3 is 25.6 Å². The third-order valence-corrected chi connectivity index (χ3v) is 4.75. The summed E-state index contributed by atoms with van der Waals surface area (Å²) in [4.78, 5) is 32.5. The number of amides is 2. The summed E-state index contributed by atoms with van der Waals surface area (Å²) in [5.41, 5.74) is 2.00. The number of halogens is 1. The molecule has 1 saturated heterocycles. The van der Waals surface area contributed by atoms with Crippen LogP contribution in [0.3, 0.4) is 0 Å². The number of pyridine rings is 1. The van der Waals surface area contributed by atoms with Gasteiger partial charge in [-0.2, -0.15) is 0 Å². The molecule has 2 amide bonds. The molecule has 0 radical (unpaired) electrons. The molecule has 1 aliphatic rings. The molecule has 4 N–H and O–H groups in total. The number of carbonyl (C=O) groups excluding carboxylic acids is 1. The Morgan fingerprint density at radius 2 is 2.23 bits per heavy atom. The highest BCUT2D eigenvalue weighted by Crippen LogP contribution is 2.38. The van der Waals surface area contributed by atoms with E-state index in [1.54, 1.807) is 12.4 Å². The van der Waals surface area contributed by atoms with Gasteiger partial charge in [-0.15, -0.1) is 0 Å². The summed E-state index contributed by atoms with van der Waals surface area (Å²) in [7, 11) is 0. The Morgan fingerprint density at radius 1 is 1.46 bits per heavy atom. The molecule has 2 aromatic rings. The molecule has 2 aromatic heterocycles. The number of fused-ring (bicyclic) bond motifs is 1. The van der Waals surface area contributed by atoms with Crippen molar-refractivity contribution in [3.8, 4) is 0 Å². The number of piperidine rings is 1. The van der Waals surface area contributed by atoms with Gasteiger partial charge in [0.1, 0.15) is 5.65 Å². The molecule has 140 valence electrons. The fraction of sp³-hybridized carbons (Fsp3) is 0.471. The minimum atomic E-state index is -1.03. The van der Waals surface area contributed by atoms with Crippen molar-refractivity contribution in [2.24, 2.45) is 5.92 Å². The third kappa shape index (κ3) is 3.70. The summed E-state index contributed by atoms with van der Waals surface area (Å²) in [6, 6.07) is -0.173. The van der Waals surface area contributed by atoms with E-state index in [-0.39, 0.29) is 17.9 Å². The SMILES string of the molecule is CC(C)C(=O)Nc1c[nH]c2ncc(Cl)c(N3CCCC(NC(=O)O)C3)c12. The highest BCUT2D eigenvalue weighted by Gasteiger charge is 2.26. The van der Waals surface area contributed by atoms with Gasteiger partial charge in [0.2, 0.25) is 5.91 Å². The summed E-state index contributed by atoms with van der Waals surface area (Å²) < 4.78 is 0. The maximum absolute atomic E-state index is 12.1. The molecule has 26 heavy (non-hydrogen) atoms. The van der Waals surface area contributed by atoms with Gasteiger partial charge in [-0.1, -0.05) is 25.4 Å². The van der Waals surface area contributed by atoms with E-state index in [0.29, 0.717) is 22.9 Å². The Balaban J connectivity index is 1.98. The van der Waals surface area contributed by atoms with Gasteiger partial charge >= 0.3 is 6.09 Å². The van der Waals surface area contributed by atoms with Crippen molar-refractivity contribution in [1.82, 2.24) is 15.3 Å². The Labute approximate surface area is 155 Å². The van der Waals surface area contributed by atoms with Crippen molar-refractivity contribution in [3.63, 3.8) is 0 Å². The average molecular weight is 380 g/mol. The smallest absolute Gasteiger partial charge is 0.404 e. The summed E-state index contributed by atoms with van der Waals surface area (Å²) in [5, 5.41) is 15.6. The molecule has 0 saturated carbocycles. The zero-order valence-corrected chi connectivity index (χ0v) is 15.4. The number of carboxylic acid groups (broad SMARTS) is 1. The number of H-pyrrole nitrogens is 1. The van der Waals surface area contributed by atoms with Crippen LogP contribution in [0.25, 0.3) is 11.0 Å². The predicted octanol–water partition coefficient (Wildman–Crippen LogP) is 3.05. The van der Waals surface area contributed by atoms with E-state index in [0.717, 1.165) is 30.5 Å². The second-order valence-corrected chi connectivity index (χ2v) is 7.17. The molecule has 0 aromatic carbocycles. The molecule has 8 nitrogen and oxygen atoms in total. The van der Waals surface area contributed by atoms with Crippen LogP contribution in [-0.2, 0) is 4.79 Å². The molecular weight excluding hydrogens is 358 g/mol. The van der Waals surface area contributed by atoms with Crippen LogP contribution < -0.4 is 15.5 Å². The van der Waals surface area contributed by atoms with Crippen molar-refractivity contribution in [2.45, 2.75) is 32.7 Å². The molecule has 3 rings (SSSR count). The fourth-order valence-electron chi connectivity index (χ4n) is 3.21. The van der Waals surface area contributed by atoms with Gasteiger partial charge in [0.05, 0.1) is 28.0 Å². The number of aromatic amines is 1. The normalized spacial score (nSPS) is 17.5. The first-order valence-corrected chi connectivity index (χ1v) is 8.95. The number of carbonyl (C=O) groups is 2. The second kappa shape index (κ2) is 7.41. The number of nitrogens with one attached hydrogen (secondary N) is 3. The minimum Gasteiger partial charge on any atom is -0.465 e. The molecule has 1 fully saturated rings. The summed E-state index contributed by atoms with van der Waals surface area (Å²) in [6.07, 6.45) is 3.85. The number of nitrogens with zero attached hydrogens (tertiary/aromatic N) is 2. The number of hydrogen-bond acceptors (Lipinski definition) is 4. The lowest BCUT2D eigenvalue weighted by molar-refractivity contribution is -0.118. The molecule has 3 heterocycles. The van der Waals surface area contributed by atoms with Crippen LogP contribution in [0.5, 0.6) is 0 Å². The summed E-state index contributed by atoms with van der Waals surface area (Å²) in [5.74, 6) is -0.254. The first-order valence-electron chi connectivity index (χ1n) is 8.57. The highest BCUT2D eigenvalue weighted by molar-refractivity contribution is 6.35. The molecule has 1 atom stereocenters. The number of aromatic nitrogens is 2. The number of hydrogen-bond donors (Lipinski definition) is 4. The Hall–Kier alpha value is -2.48. The van der Waals surface area contributed by atoms with Crippen molar-refractivity contribution in [2.75, 3.05) is 23.3 Å². The largest absolute Gasteiger partial charge is 0.465 e. The van der Waals surface area contributed by atoms with E-state index in [2.05, 4.69) is 25.5 Å². The van der Waals surface area contributed by atoms with Crippen molar-refractivity contribution < 1.29 is 14.7 Å². The second-order valence-electron chi connectivity index (χ2n) is 6.76. The molecule has 0 aliphatic carbocycles. The van der Waals surface area contributed by atoms with Crippen LogP contribution in [0.4, 0.5) is 16.2 Å². The van der Waals surface area contributed by atoms with Crippen LogP contribution in [0, 0.1) is 5.92 Å². The Bertz CT molecular complexity index is 835. The van der Waals surface area contributed by atoms with Gasteiger partial charge in [-0.25, -0.2) is 9.78 Å². The van der Waals surface area contributed by atoms with Crippen LogP contribution in [-0.4, -0.2) is 46.2 Å². The standard InChI is InChI=1S/C17H22ClN5O3/c1-9(2)16(24)22-12-7-20-15-13(12)14(11(18)6-19-15)23-5-3-4-10(8-23)21-17(25)26/h6-7,9-10,21H,3-5,8H2,1-2H3,(H,19,20)(H,22,24)(H,25,26). The lowest BCUT2D eigenvalue weighted by Crippen LogP contribution is -2.47. The predicted molar refractivity (Wildman–Crippen MR) is 101 cm³/mol. The zero-order valence-electron chi connectivity index (χ0n) is 14.7. The fourth-order valence-corrected chi connectivity index (χ4v) is 3.48. The third-order valence-electron chi connectivity index (χ3n) is 4.48. The van der Waals surface area contributed by atoms with Crippen molar-refractivity contribution in [1.29, 1.82) is 0 Å². The van der Waals surface area contributed by atoms with Crippen LogP contribution in [0.1, 0.15) is 26.7 Å². The Kier molecular flexibility index (Phi) is 5.22. The number of rotatable bonds is 4. The van der Waals surface area contributed by atoms with Crippen LogP contribution >= 0.6 is 11.6 Å². The first kappa shape index (κ1) is 18.3. The van der Waals surface area contributed by atoms with E-state index in [1.807, 2.05) is 13.8 Å². The van der Waals surface area contributed by atoms with E-state index < -0.39 is 6.09 Å². The van der Waals surface area contributed by atoms with Gasteiger partial charge in [0.15, 0.2) is 0 Å². The lowest BCUT2D eigenvalue weighted by atomic mass is 10.0. The van der Waals surface area contributed by atoms with E-state index >= 15 is 0 Å². The Morgan fingerprint density at radius 3 is 2.92 bits per heavy atom. The molecule has 9 heteroatoms.